The minimum atomic E-state index is -0.465. The minimum Gasteiger partial charge on any atom is -0.336 e. The van der Waals surface area contributed by atoms with Gasteiger partial charge in [0.05, 0.1) is 0 Å². The van der Waals surface area contributed by atoms with Gasteiger partial charge in [-0.3, -0.25) is 14.3 Å². The molecule has 2 heterocycles. The van der Waals surface area contributed by atoms with Gasteiger partial charge in [-0.2, -0.15) is 0 Å². The van der Waals surface area contributed by atoms with Crippen molar-refractivity contribution in [3.63, 3.8) is 0 Å². The Morgan fingerprint density at radius 3 is 2.55 bits per heavy atom. The molecular weight excluding hydrogens is 256 g/mol. The lowest BCUT2D eigenvalue weighted by Gasteiger charge is -2.07. The number of rotatable bonds is 2. The topological polar surface area (TPSA) is 83.5 Å². The molecule has 3 aromatic rings. The molecule has 1 atom stereocenters. The lowest BCUT2D eigenvalue weighted by Crippen LogP contribution is -2.28. The van der Waals surface area contributed by atoms with Crippen LogP contribution < -0.4 is 11.2 Å². The number of aromatic nitrogens is 4. The van der Waals surface area contributed by atoms with Gasteiger partial charge in [0.1, 0.15) is 11.3 Å². The largest absolute Gasteiger partial charge is 0.336 e. The fourth-order valence-corrected chi connectivity index (χ4v) is 2.23. The molecule has 0 spiro atoms. The number of hydrogen-bond acceptors (Lipinski definition) is 3. The van der Waals surface area contributed by atoms with Crippen molar-refractivity contribution >= 4 is 11.2 Å². The second kappa shape index (κ2) is 4.48. The second-order valence-corrected chi connectivity index (χ2v) is 4.77. The average Bonchev–Trinajstić information content (AvgIpc) is 2.91. The summed E-state index contributed by atoms with van der Waals surface area (Å²) < 4.78 is 1.33. The number of imidazole rings is 1. The van der Waals surface area contributed by atoms with Crippen LogP contribution in [0.15, 0.2) is 39.9 Å². The van der Waals surface area contributed by atoms with E-state index >= 15 is 0 Å². The van der Waals surface area contributed by atoms with E-state index in [1.807, 2.05) is 37.3 Å². The monoisotopic (exact) mass is 270 g/mol. The molecule has 0 bridgehead atoms. The highest BCUT2D eigenvalue weighted by Gasteiger charge is 2.16. The number of nitrogens with zero attached hydrogens (tertiary/aromatic N) is 2. The first kappa shape index (κ1) is 12.4. The molecule has 0 aliphatic carbocycles. The maximum absolute atomic E-state index is 11.8. The molecule has 6 heteroatoms. The van der Waals surface area contributed by atoms with Crippen molar-refractivity contribution in [3.8, 4) is 0 Å². The van der Waals surface area contributed by atoms with Gasteiger partial charge >= 0.3 is 5.69 Å². The Labute approximate surface area is 114 Å². The van der Waals surface area contributed by atoms with E-state index in [2.05, 4.69) is 15.0 Å². The number of nitrogens with one attached hydrogen (secondary N) is 2. The van der Waals surface area contributed by atoms with Crippen LogP contribution in [0.2, 0.25) is 0 Å². The zero-order chi connectivity index (χ0) is 14.3. The van der Waals surface area contributed by atoms with E-state index in [4.69, 9.17) is 0 Å². The quantitative estimate of drug-likeness (QED) is 0.731. The Morgan fingerprint density at radius 2 is 1.85 bits per heavy atom. The molecule has 0 radical (unpaired) electrons. The number of aromatic amines is 2. The molecule has 3 rings (SSSR count). The van der Waals surface area contributed by atoms with Crippen molar-refractivity contribution in [1.29, 1.82) is 0 Å². The first-order valence-corrected chi connectivity index (χ1v) is 6.32. The Balaban J connectivity index is 2.20. The minimum absolute atomic E-state index is 0.0121. The summed E-state index contributed by atoms with van der Waals surface area (Å²) in [7, 11) is 1.58. The Morgan fingerprint density at radius 1 is 1.15 bits per heavy atom. The lowest BCUT2D eigenvalue weighted by molar-refractivity contribution is 0.818. The Hall–Kier alpha value is -2.63. The fraction of sp³-hybridized carbons (Fsp3) is 0.214. The van der Waals surface area contributed by atoms with Crippen molar-refractivity contribution in [2.75, 3.05) is 0 Å². The van der Waals surface area contributed by atoms with Crippen LogP contribution in [0.4, 0.5) is 0 Å². The normalized spacial score (nSPS) is 12.7. The molecule has 0 amide bonds. The molecule has 0 saturated heterocycles. The third kappa shape index (κ3) is 1.85. The highest BCUT2D eigenvalue weighted by molar-refractivity contribution is 5.69. The summed E-state index contributed by atoms with van der Waals surface area (Å²) in [6.07, 6.45) is 0. The zero-order valence-corrected chi connectivity index (χ0v) is 11.2. The predicted molar refractivity (Wildman–Crippen MR) is 75.9 cm³/mol. The molecule has 2 N–H and O–H groups in total. The van der Waals surface area contributed by atoms with E-state index in [1.54, 1.807) is 7.05 Å². The molecule has 102 valence electrons. The van der Waals surface area contributed by atoms with Gasteiger partial charge in [-0.05, 0) is 5.56 Å². The van der Waals surface area contributed by atoms with Crippen LogP contribution in [0.25, 0.3) is 11.2 Å². The molecular formula is C14H14N4O2. The fourth-order valence-electron chi connectivity index (χ4n) is 2.23. The van der Waals surface area contributed by atoms with Gasteiger partial charge < -0.3 is 4.98 Å². The molecule has 6 nitrogen and oxygen atoms in total. The highest BCUT2D eigenvalue weighted by atomic mass is 16.2. The zero-order valence-electron chi connectivity index (χ0n) is 11.2. The van der Waals surface area contributed by atoms with Crippen LogP contribution >= 0.6 is 0 Å². The van der Waals surface area contributed by atoms with Gasteiger partial charge in [0.2, 0.25) is 0 Å². The first-order chi connectivity index (χ1) is 9.58. The van der Waals surface area contributed by atoms with Gasteiger partial charge in [-0.15, -0.1) is 0 Å². The summed E-state index contributed by atoms with van der Waals surface area (Å²) in [5.41, 5.74) is 0.879. The number of fused-ring (bicyclic) bond motifs is 1. The molecule has 1 unspecified atom stereocenters. The van der Waals surface area contributed by atoms with Crippen LogP contribution in [0.1, 0.15) is 24.2 Å². The van der Waals surface area contributed by atoms with Crippen molar-refractivity contribution < 1.29 is 0 Å². The third-order valence-electron chi connectivity index (χ3n) is 3.48. The molecule has 1 aromatic carbocycles. The number of aryl methyl sites for hydroxylation is 1. The van der Waals surface area contributed by atoms with Crippen LogP contribution in [-0.4, -0.2) is 19.5 Å². The average molecular weight is 270 g/mol. The summed E-state index contributed by atoms with van der Waals surface area (Å²) in [4.78, 5) is 33.0. The summed E-state index contributed by atoms with van der Waals surface area (Å²) in [6.45, 7) is 2.00. The Bertz CT molecular complexity index is 874. The maximum Gasteiger partial charge on any atom is 0.329 e. The summed E-state index contributed by atoms with van der Waals surface area (Å²) >= 11 is 0. The van der Waals surface area contributed by atoms with Gasteiger partial charge in [0.25, 0.3) is 5.56 Å². The maximum atomic E-state index is 11.8. The van der Waals surface area contributed by atoms with Gasteiger partial charge in [0, 0.05) is 13.0 Å². The van der Waals surface area contributed by atoms with Crippen molar-refractivity contribution in [3.05, 3.63) is 62.6 Å². The second-order valence-electron chi connectivity index (χ2n) is 4.77. The van der Waals surface area contributed by atoms with Crippen molar-refractivity contribution in [2.24, 2.45) is 7.05 Å². The first-order valence-electron chi connectivity index (χ1n) is 6.32. The van der Waals surface area contributed by atoms with E-state index < -0.39 is 11.2 Å². The molecule has 0 aliphatic rings. The van der Waals surface area contributed by atoms with Gasteiger partial charge in [-0.1, -0.05) is 37.3 Å². The highest BCUT2D eigenvalue weighted by Crippen LogP contribution is 2.22. The molecule has 0 fully saturated rings. The summed E-state index contributed by atoms with van der Waals surface area (Å²) in [5, 5.41) is 0. The van der Waals surface area contributed by atoms with Crippen LogP contribution in [0.3, 0.4) is 0 Å². The van der Waals surface area contributed by atoms with Crippen LogP contribution in [-0.2, 0) is 7.05 Å². The van der Waals surface area contributed by atoms with E-state index in [1.165, 1.54) is 4.57 Å². The number of H-pyrrole nitrogens is 2. The van der Waals surface area contributed by atoms with Gasteiger partial charge in [0.15, 0.2) is 5.65 Å². The summed E-state index contributed by atoms with van der Waals surface area (Å²) in [6, 6.07) is 9.86. The van der Waals surface area contributed by atoms with Gasteiger partial charge in [-0.25, -0.2) is 9.78 Å². The number of benzene rings is 1. The number of hydrogen-bond donors (Lipinski definition) is 2. The molecule has 0 aliphatic heterocycles. The Kier molecular flexibility index (Phi) is 2.78. The third-order valence-corrected chi connectivity index (χ3v) is 3.48. The molecule has 0 saturated carbocycles. The molecule has 20 heavy (non-hydrogen) atoms. The van der Waals surface area contributed by atoms with Crippen LogP contribution in [0.5, 0.6) is 0 Å². The van der Waals surface area contributed by atoms with Crippen molar-refractivity contribution in [1.82, 2.24) is 19.5 Å². The SMILES string of the molecule is CC(c1ccccc1)c1nc2c([nH]1)c(=O)[nH]c(=O)n2C. The predicted octanol–water partition coefficient (Wildman–Crippen LogP) is 1.10. The van der Waals surface area contributed by atoms with E-state index in [9.17, 15) is 9.59 Å². The smallest absolute Gasteiger partial charge is 0.329 e. The standard InChI is InChI=1S/C14H14N4O2/c1-8(9-6-4-3-5-7-9)11-15-10-12(16-11)18(2)14(20)17-13(10)19/h3-8H,1-2H3,(H,15,16)(H,17,19,20). The van der Waals surface area contributed by atoms with E-state index in [0.717, 1.165) is 5.56 Å². The van der Waals surface area contributed by atoms with Crippen LogP contribution in [0, 0.1) is 0 Å². The lowest BCUT2D eigenvalue weighted by atomic mass is 10.0. The molecule has 2 aromatic heterocycles. The van der Waals surface area contributed by atoms with Crippen molar-refractivity contribution in [2.45, 2.75) is 12.8 Å². The summed E-state index contributed by atoms with van der Waals surface area (Å²) in [5.74, 6) is 0.677. The van der Waals surface area contributed by atoms with E-state index in [0.29, 0.717) is 17.0 Å². The van der Waals surface area contributed by atoms with E-state index in [-0.39, 0.29) is 5.92 Å².